The van der Waals surface area contributed by atoms with E-state index >= 15 is 0 Å². The Morgan fingerprint density at radius 3 is 2.17 bits per heavy atom. The van der Waals surface area contributed by atoms with Crippen LogP contribution in [0.15, 0.2) is 71.7 Å². The minimum Gasteiger partial charge on any atom is -0.265 e. The van der Waals surface area contributed by atoms with Crippen LogP contribution in [0.2, 0.25) is 0 Å². The summed E-state index contributed by atoms with van der Waals surface area (Å²) < 4.78 is 8.48. The van der Waals surface area contributed by atoms with E-state index in [1.165, 1.54) is 41.8 Å². The zero-order valence-electron chi connectivity index (χ0n) is 17.9. The van der Waals surface area contributed by atoms with Gasteiger partial charge in [-0.2, -0.15) is 0 Å². The van der Waals surface area contributed by atoms with Crippen molar-refractivity contribution in [2.75, 3.05) is 13.1 Å². The van der Waals surface area contributed by atoms with Gasteiger partial charge < -0.3 is 0 Å². The van der Waals surface area contributed by atoms with Gasteiger partial charge in [0.25, 0.3) is 0 Å². The van der Waals surface area contributed by atoms with E-state index < -0.39 is 7.21 Å². The van der Waals surface area contributed by atoms with Crippen molar-refractivity contribution in [2.45, 2.75) is 51.6 Å². The van der Waals surface area contributed by atoms with E-state index in [0.29, 0.717) is 0 Å². The Kier molecular flexibility index (Phi) is 5.90. The first-order valence-corrected chi connectivity index (χ1v) is 12.5. The van der Waals surface area contributed by atoms with Gasteiger partial charge in [0.05, 0.1) is 12.9 Å². The number of nitrogens with zero attached hydrogens (tertiary/aromatic N) is 3. The molecule has 152 valence electrons. The van der Waals surface area contributed by atoms with E-state index in [2.05, 4.69) is 85.0 Å². The number of hydrogen-bond donors (Lipinski definition) is 0. The van der Waals surface area contributed by atoms with Gasteiger partial charge in [-0.1, -0.05) is 70.0 Å². The minimum absolute atomic E-state index is 0.0235. The van der Waals surface area contributed by atoms with Crippen LogP contribution in [-0.2, 0) is 0 Å². The Labute approximate surface area is 175 Å². The number of hydrogen-bond acceptors (Lipinski definition) is 2. The Morgan fingerprint density at radius 1 is 0.828 bits per heavy atom. The first kappa shape index (κ1) is 20.3. The van der Waals surface area contributed by atoms with Gasteiger partial charge in [-0.25, -0.2) is 4.74 Å². The van der Waals surface area contributed by atoms with Crippen molar-refractivity contribution in [3.63, 3.8) is 0 Å². The Morgan fingerprint density at radius 2 is 1.48 bits per heavy atom. The number of benzene rings is 2. The van der Waals surface area contributed by atoms with Crippen molar-refractivity contribution in [2.24, 2.45) is 4.74 Å². The predicted molar refractivity (Wildman–Crippen MR) is 127 cm³/mol. The molecule has 1 aliphatic heterocycles. The fourth-order valence-corrected chi connectivity index (χ4v) is 8.98. The first-order chi connectivity index (χ1) is 14.0. The second-order valence-corrected chi connectivity index (χ2v) is 12.8. The molecule has 2 aromatic carbocycles. The summed E-state index contributed by atoms with van der Waals surface area (Å²) >= 11 is 0. The molecule has 0 N–H and O–H groups in total. The lowest BCUT2D eigenvalue weighted by Crippen LogP contribution is -2.37. The van der Waals surface area contributed by atoms with Gasteiger partial charge in [-0.05, 0) is 36.4 Å². The monoisotopic (exact) mass is 405 g/mol. The molecule has 4 heteroatoms. The largest absolute Gasteiger partial charge is 0.265 e. The SMILES string of the molecule is CC(C)(C)P(=Nc1cccc2ccccc12)(c1ccncc1)N1CCCCCC1. The molecule has 1 fully saturated rings. The number of aromatic nitrogens is 1. The molecule has 0 spiro atoms. The van der Waals surface area contributed by atoms with Crippen molar-refractivity contribution in [3.05, 3.63) is 67.0 Å². The maximum atomic E-state index is 5.73. The molecule has 0 bridgehead atoms. The predicted octanol–water partition coefficient (Wildman–Crippen LogP) is 6.98. The van der Waals surface area contributed by atoms with Crippen LogP contribution < -0.4 is 5.30 Å². The minimum atomic E-state index is -2.04. The summed E-state index contributed by atoms with van der Waals surface area (Å²) in [7, 11) is -2.04. The molecule has 1 saturated heterocycles. The average Bonchev–Trinajstić information content (AvgIpc) is 3.01. The zero-order valence-corrected chi connectivity index (χ0v) is 18.8. The van der Waals surface area contributed by atoms with E-state index in [1.54, 1.807) is 0 Å². The quantitative estimate of drug-likeness (QED) is 0.440. The van der Waals surface area contributed by atoms with Gasteiger partial charge in [0, 0.05) is 41.3 Å². The van der Waals surface area contributed by atoms with Crippen molar-refractivity contribution < 1.29 is 0 Å². The van der Waals surface area contributed by atoms with E-state index in [1.807, 2.05) is 12.4 Å². The lowest BCUT2D eigenvalue weighted by atomic mass is 10.1. The second-order valence-electron chi connectivity index (χ2n) is 8.94. The van der Waals surface area contributed by atoms with Gasteiger partial charge in [0.1, 0.15) is 0 Å². The summed E-state index contributed by atoms with van der Waals surface area (Å²) in [5.74, 6) is 0. The molecular weight excluding hydrogens is 373 g/mol. The first-order valence-electron chi connectivity index (χ1n) is 10.8. The maximum Gasteiger partial charge on any atom is 0.0721 e. The standard InChI is InChI=1S/C25H32N3P/c1-25(2,3)29(22-15-17-26-18-16-22,28-19-8-4-5-9-20-28)27-24-14-10-12-21-11-6-7-13-23(21)24/h6-7,10-18H,4-5,8-9,19-20H2,1-3H3. The Bertz CT molecular complexity index is 1010. The van der Waals surface area contributed by atoms with Crippen LogP contribution >= 0.6 is 7.21 Å². The molecule has 0 radical (unpaired) electrons. The fraction of sp³-hybridized carbons (Fsp3) is 0.400. The van der Waals surface area contributed by atoms with Crippen molar-refractivity contribution in [3.8, 4) is 0 Å². The van der Waals surface area contributed by atoms with Gasteiger partial charge in [-0.3, -0.25) is 9.65 Å². The zero-order chi connectivity index (χ0) is 20.3. The highest BCUT2D eigenvalue weighted by atomic mass is 31.2. The summed E-state index contributed by atoms with van der Waals surface area (Å²) in [4.78, 5) is 4.32. The molecule has 0 amide bonds. The van der Waals surface area contributed by atoms with Crippen LogP contribution in [0.4, 0.5) is 5.69 Å². The molecule has 29 heavy (non-hydrogen) atoms. The van der Waals surface area contributed by atoms with E-state index in [-0.39, 0.29) is 5.16 Å². The van der Waals surface area contributed by atoms with Crippen LogP contribution in [0.5, 0.6) is 0 Å². The van der Waals surface area contributed by atoms with Crippen LogP contribution in [-0.4, -0.2) is 27.9 Å². The maximum absolute atomic E-state index is 5.73. The highest BCUT2D eigenvalue weighted by Gasteiger charge is 2.41. The smallest absolute Gasteiger partial charge is 0.0721 e. The number of pyridine rings is 1. The molecule has 1 aromatic heterocycles. The summed E-state index contributed by atoms with van der Waals surface area (Å²) in [6.45, 7) is 9.38. The van der Waals surface area contributed by atoms with Crippen LogP contribution in [0, 0.1) is 0 Å². The number of fused-ring (bicyclic) bond motifs is 1. The molecule has 0 saturated carbocycles. The van der Waals surface area contributed by atoms with Crippen molar-refractivity contribution >= 4 is 29.0 Å². The van der Waals surface area contributed by atoms with E-state index in [4.69, 9.17) is 4.74 Å². The molecule has 0 aliphatic carbocycles. The fourth-order valence-electron chi connectivity index (χ4n) is 4.59. The molecule has 3 aromatic rings. The third-order valence-corrected chi connectivity index (χ3v) is 10.6. The molecule has 1 atom stereocenters. The van der Waals surface area contributed by atoms with Crippen LogP contribution in [0.25, 0.3) is 10.8 Å². The van der Waals surface area contributed by atoms with Crippen molar-refractivity contribution in [1.29, 1.82) is 0 Å². The van der Waals surface area contributed by atoms with Gasteiger partial charge in [0.2, 0.25) is 0 Å². The number of rotatable bonds is 3. The van der Waals surface area contributed by atoms with Crippen LogP contribution in [0.1, 0.15) is 46.5 Å². The normalized spacial score (nSPS) is 18.2. The van der Waals surface area contributed by atoms with Gasteiger partial charge in [-0.15, -0.1) is 0 Å². The molecule has 1 aliphatic rings. The average molecular weight is 406 g/mol. The summed E-state index contributed by atoms with van der Waals surface area (Å²) in [5.41, 5.74) is 1.12. The summed E-state index contributed by atoms with van der Waals surface area (Å²) in [5, 5.41) is 3.86. The molecule has 4 rings (SSSR count). The third-order valence-electron chi connectivity index (χ3n) is 5.97. The van der Waals surface area contributed by atoms with E-state index in [9.17, 15) is 0 Å². The summed E-state index contributed by atoms with van der Waals surface area (Å²) in [6, 6.07) is 19.6. The highest BCUT2D eigenvalue weighted by Crippen LogP contribution is 2.64. The Hall–Kier alpha value is -1.96. The third kappa shape index (κ3) is 3.91. The van der Waals surface area contributed by atoms with Crippen molar-refractivity contribution in [1.82, 2.24) is 9.65 Å². The lowest BCUT2D eigenvalue weighted by Gasteiger charge is -2.45. The second kappa shape index (κ2) is 8.42. The molecular formula is C25H32N3P. The Balaban J connectivity index is 2.04. The highest BCUT2D eigenvalue weighted by molar-refractivity contribution is 7.73. The van der Waals surface area contributed by atoms with E-state index in [0.717, 1.165) is 18.8 Å². The molecule has 1 unspecified atom stereocenters. The molecule has 2 heterocycles. The topological polar surface area (TPSA) is 28.5 Å². The molecule has 3 nitrogen and oxygen atoms in total. The van der Waals surface area contributed by atoms with Gasteiger partial charge >= 0.3 is 0 Å². The van der Waals surface area contributed by atoms with Crippen LogP contribution in [0.3, 0.4) is 0 Å². The van der Waals surface area contributed by atoms with Gasteiger partial charge in [0.15, 0.2) is 0 Å². The lowest BCUT2D eigenvalue weighted by molar-refractivity contribution is 0.457. The summed E-state index contributed by atoms with van der Waals surface area (Å²) in [6.07, 6.45) is 9.04.